The van der Waals surface area contributed by atoms with Gasteiger partial charge in [0.2, 0.25) is 0 Å². The quantitative estimate of drug-likeness (QED) is 0.389. The van der Waals surface area contributed by atoms with E-state index in [1.54, 1.807) is 22.7 Å². The van der Waals surface area contributed by atoms with Gasteiger partial charge in [0, 0.05) is 17.3 Å². The Morgan fingerprint density at radius 2 is 2.10 bits per heavy atom. The molecule has 0 aliphatic rings. The van der Waals surface area contributed by atoms with Gasteiger partial charge < -0.3 is 4.74 Å². The number of rotatable bonds is 7. The van der Waals surface area contributed by atoms with Crippen LogP contribution < -0.4 is 4.74 Å². The lowest BCUT2D eigenvalue weighted by Crippen LogP contribution is -1.97. The Morgan fingerprint density at radius 1 is 1.24 bits per heavy atom. The molecule has 3 aromatic rings. The summed E-state index contributed by atoms with van der Waals surface area (Å²) < 4.78 is 8.49. The summed E-state index contributed by atoms with van der Waals surface area (Å²) in [5.74, 6) is 1.76. The van der Waals surface area contributed by atoms with Crippen molar-refractivity contribution in [1.29, 1.82) is 0 Å². The molecule has 0 radical (unpaired) electrons. The van der Waals surface area contributed by atoms with Gasteiger partial charge in [-0.3, -0.25) is 0 Å². The third kappa shape index (κ3) is 3.33. The first-order chi connectivity index (χ1) is 10.3. The first kappa shape index (κ1) is 15.1. The molecule has 0 bridgehead atoms. The molecule has 0 atom stereocenters. The van der Waals surface area contributed by atoms with E-state index in [0.717, 1.165) is 41.6 Å². The monoisotopic (exact) mass is 339 g/mol. The van der Waals surface area contributed by atoms with Crippen LogP contribution in [0.4, 0.5) is 0 Å². The van der Waals surface area contributed by atoms with E-state index in [-0.39, 0.29) is 0 Å². The van der Waals surface area contributed by atoms with E-state index >= 15 is 0 Å². The predicted octanol–water partition coefficient (Wildman–Crippen LogP) is 6.00. The Kier molecular flexibility index (Phi) is 4.99. The second-order valence-electron chi connectivity index (χ2n) is 5.07. The van der Waals surface area contributed by atoms with Gasteiger partial charge in [-0.2, -0.15) is 0 Å². The number of unbranched alkanes of at least 4 members (excludes halogenated alkanes) is 3. The third-order valence-corrected chi connectivity index (χ3v) is 5.56. The van der Waals surface area contributed by atoms with Crippen molar-refractivity contribution in [2.75, 3.05) is 12.5 Å². The maximum atomic E-state index is 6.03. The van der Waals surface area contributed by atoms with Crippen LogP contribution in [-0.2, 0) is 0 Å². The topological polar surface area (TPSA) is 22.1 Å². The fraction of sp³-hybridized carbons (Fsp3) is 0.438. The minimum Gasteiger partial charge on any atom is -0.493 e. The predicted molar refractivity (Wildman–Crippen MR) is 94.4 cm³/mol. The van der Waals surface area contributed by atoms with E-state index in [4.69, 9.17) is 16.3 Å². The Morgan fingerprint density at radius 3 is 2.95 bits per heavy atom. The molecule has 3 rings (SSSR count). The van der Waals surface area contributed by atoms with Gasteiger partial charge >= 0.3 is 0 Å². The van der Waals surface area contributed by atoms with Crippen molar-refractivity contribution in [3.63, 3.8) is 0 Å². The second-order valence-corrected chi connectivity index (χ2v) is 7.60. The fourth-order valence-electron chi connectivity index (χ4n) is 2.44. The van der Waals surface area contributed by atoms with E-state index in [1.807, 2.05) is 0 Å². The van der Waals surface area contributed by atoms with Crippen molar-refractivity contribution in [3.05, 3.63) is 22.5 Å². The van der Waals surface area contributed by atoms with Crippen molar-refractivity contribution < 1.29 is 4.74 Å². The number of alkyl halides is 1. The zero-order chi connectivity index (χ0) is 14.7. The van der Waals surface area contributed by atoms with E-state index in [1.165, 1.54) is 27.6 Å². The first-order valence-electron chi connectivity index (χ1n) is 7.25. The molecule has 0 unspecified atom stereocenters. The number of benzene rings is 1. The van der Waals surface area contributed by atoms with E-state index in [9.17, 15) is 0 Å². The number of aryl methyl sites for hydroxylation is 1. The number of ether oxygens (including phenoxy) is 1. The number of halogens is 1. The Hall–Kier alpha value is -0.840. The van der Waals surface area contributed by atoms with Crippen LogP contribution in [0.3, 0.4) is 0 Å². The smallest absolute Gasteiger partial charge is 0.129 e. The average Bonchev–Trinajstić information content (AvgIpc) is 3.07. The lowest BCUT2D eigenvalue weighted by molar-refractivity contribution is 0.309. The molecular weight excluding hydrogens is 322 g/mol. The minimum atomic E-state index is 0.762. The largest absolute Gasteiger partial charge is 0.493 e. The molecule has 112 valence electrons. The summed E-state index contributed by atoms with van der Waals surface area (Å²) in [7, 11) is 0. The Bertz CT molecular complexity index is 734. The highest BCUT2D eigenvalue weighted by Gasteiger charge is 2.12. The van der Waals surface area contributed by atoms with E-state index in [2.05, 4.69) is 29.4 Å². The van der Waals surface area contributed by atoms with Gasteiger partial charge in [-0.1, -0.05) is 12.8 Å². The van der Waals surface area contributed by atoms with Crippen molar-refractivity contribution in [1.82, 2.24) is 4.98 Å². The van der Waals surface area contributed by atoms with Crippen LogP contribution in [0, 0.1) is 6.92 Å². The highest BCUT2D eigenvalue weighted by Crippen LogP contribution is 2.38. The molecule has 0 aliphatic heterocycles. The molecule has 2 aromatic heterocycles. The molecule has 0 aliphatic carbocycles. The number of fused-ring (bicyclic) bond motifs is 3. The first-order valence-corrected chi connectivity index (χ1v) is 9.49. The number of thiophene rings is 1. The van der Waals surface area contributed by atoms with Crippen molar-refractivity contribution in [2.24, 2.45) is 0 Å². The van der Waals surface area contributed by atoms with Gasteiger partial charge in [-0.25, -0.2) is 4.98 Å². The van der Waals surface area contributed by atoms with Gasteiger partial charge in [-0.05, 0) is 31.2 Å². The summed E-state index contributed by atoms with van der Waals surface area (Å²) in [5, 5.41) is 4.42. The lowest BCUT2D eigenvalue weighted by Gasteiger charge is -2.07. The molecule has 0 N–H and O–H groups in total. The Labute approximate surface area is 137 Å². The summed E-state index contributed by atoms with van der Waals surface area (Å²) in [6, 6.07) is 4.28. The van der Waals surface area contributed by atoms with Gasteiger partial charge in [0.05, 0.1) is 26.5 Å². The molecule has 0 spiro atoms. The molecule has 0 amide bonds. The number of nitrogens with zero attached hydrogens (tertiary/aromatic N) is 1. The zero-order valence-electron chi connectivity index (χ0n) is 12.0. The zero-order valence-corrected chi connectivity index (χ0v) is 14.4. The maximum absolute atomic E-state index is 6.03. The summed E-state index contributed by atoms with van der Waals surface area (Å²) in [5.41, 5.74) is 1.12. The molecule has 0 saturated heterocycles. The van der Waals surface area contributed by atoms with Crippen LogP contribution in [0.2, 0.25) is 0 Å². The molecule has 5 heteroatoms. The van der Waals surface area contributed by atoms with Crippen LogP contribution in [0.15, 0.2) is 17.5 Å². The molecule has 21 heavy (non-hydrogen) atoms. The summed E-state index contributed by atoms with van der Waals surface area (Å²) in [4.78, 5) is 4.65. The van der Waals surface area contributed by atoms with Crippen molar-refractivity contribution in [3.8, 4) is 5.75 Å². The molecule has 1 aromatic carbocycles. The van der Waals surface area contributed by atoms with Crippen molar-refractivity contribution >= 4 is 54.6 Å². The Balaban J connectivity index is 1.76. The van der Waals surface area contributed by atoms with Crippen LogP contribution >= 0.6 is 34.3 Å². The van der Waals surface area contributed by atoms with E-state index in [0.29, 0.717) is 0 Å². The van der Waals surface area contributed by atoms with E-state index < -0.39 is 0 Å². The highest BCUT2D eigenvalue weighted by atomic mass is 35.5. The SMILES string of the molecule is Cc1nc2c(cc(OCCCCCCCl)c3ccsc32)s1. The lowest BCUT2D eigenvalue weighted by atomic mass is 10.2. The van der Waals surface area contributed by atoms with Gasteiger partial charge in [0.25, 0.3) is 0 Å². The van der Waals surface area contributed by atoms with Crippen LogP contribution in [0.1, 0.15) is 30.7 Å². The summed E-state index contributed by atoms with van der Waals surface area (Å²) >= 11 is 9.17. The molecule has 2 heterocycles. The van der Waals surface area contributed by atoms with Crippen LogP contribution in [0.25, 0.3) is 20.3 Å². The number of thiazole rings is 1. The minimum absolute atomic E-state index is 0.762. The number of hydrogen-bond acceptors (Lipinski definition) is 4. The maximum Gasteiger partial charge on any atom is 0.129 e. The summed E-state index contributed by atoms with van der Waals surface area (Å²) in [6.45, 7) is 2.83. The normalized spacial score (nSPS) is 11.5. The second kappa shape index (κ2) is 6.95. The van der Waals surface area contributed by atoms with Gasteiger partial charge in [0.1, 0.15) is 5.75 Å². The number of aromatic nitrogens is 1. The van der Waals surface area contributed by atoms with Gasteiger partial charge in [-0.15, -0.1) is 34.3 Å². The van der Waals surface area contributed by atoms with Crippen LogP contribution in [-0.4, -0.2) is 17.5 Å². The molecule has 0 saturated carbocycles. The van der Waals surface area contributed by atoms with Gasteiger partial charge in [0.15, 0.2) is 0 Å². The summed E-state index contributed by atoms with van der Waals surface area (Å²) in [6.07, 6.45) is 4.56. The highest BCUT2D eigenvalue weighted by molar-refractivity contribution is 7.21. The third-order valence-electron chi connectivity index (χ3n) is 3.45. The number of hydrogen-bond donors (Lipinski definition) is 0. The fourth-order valence-corrected chi connectivity index (χ4v) is 4.46. The molecule has 0 fully saturated rings. The molecular formula is C16H18ClNOS2. The van der Waals surface area contributed by atoms with Crippen molar-refractivity contribution in [2.45, 2.75) is 32.6 Å². The standard InChI is InChI=1S/C16H18ClNOS2/c1-11-18-15-14(21-11)10-13(12-6-9-20-16(12)15)19-8-5-3-2-4-7-17/h6,9-10H,2-5,7-8H2,1H3. The average molecular weight is 340 g/mol. The van der Waals surface area contributed by atoms with Crippen LogP contribution in [0.5, 0.6) is 5.75 Å². The molecule has 2 nitrogen and oxygen atoms in total.